The highest BCUT2D eigenvalue weighted by Crippen LogP contribution is 2.29. The van der Waals surface area contributed by atoms with Crippen molar-refractivity contribution < 1.29 is 4.79 Å². The summed E-state index contributed by atoms with van der Waals surface area (Å²) in [4.78, 5) is 26.0. The molecule has 1 aliphatic rings. The summed E-state index contributed by atoms with van der Waals surface area (Å²) >= 11 is 0. The van der Waals surface area contributed by atoms with Crippen LogP contribution in [0, 0.1) is 0 Å². The zero-order valence-corrected chi connectivity index (χ0v) is 16.6. The molecule has 1 fully saturated rings. The van der Waals surface area contributed by atoms with Crippen molar-refractivity contribution in [3.63, 3.8) is 0 Å². The summed E-state index contributed by atoms with van der Waals surface area (Å²) in [6, 6.07) is 7.59. The van der Waals surface area contributed by atoms with Crippen LogP contribution in [0.4, 0.5) is 0 Å². The van der Waals surface area contributed by atoms with Gasteiger partial charge in [0.2, 0.25) is 5.91 Å². The fourth-order valence-corrected chi connectivity index (χ4v) is 4.43. The smallest absolute Gasteiger partial charge is 0.291 e. The zero-order valence-electron chi connectivity index (χ0n) is 16.6. The SMILES string of the molecule is CC(C(=O)NC1CCCCCCC1)n1c2ccccc2c2cnn(C)c(=O)c21. The van der Waals surface area contributed by atoms with E-state index in [1.165, 1.54) is 36.8 Å². The molecule has 3 aromatic rings. The van der Waals surface area contributed by atoms with E-state index >= 15 is 0 Å². The normalized spacial score (nSPS) is 17.4. The van der Waals surface area contributed by atoms with Crippen molar-refractivity contribution in [2.75, 3.05) is 0 Å². The highest BCUT2D eigenvalue weighted by Gasteiger charge is 2.25. The summed E-state index contributed by atoms with van der Waals surface area (Å²) in [6.07, 6.45) is 9.93. The lowest BCUT2D eigenvalue weighted by atomic mass is 9.96. The number of nitrogens with zero attached hydrogens (tertiary/aromatic N) is 3. The van der Waals surface area contributed by atoms with Crippen LogP contribution < -0.4 is 10.9 Å². The lowest BCUT2D eigenvalue weighted by molar-refractivity contribution is -0.124. The van der Waals surface area contributed by atoms with Crippen LogP contribution in [0.25, 0.3) is 21.8 Å². The van der Waals surface area contributed by atoms with Crippen LogP contribution in [0.15, 0.2) is 35.3 Å². The molecule has 0 aliphatic heterocycles. The quantitative estimate of drug-likeness (QED) is 0.754. The van der Waals surface area contributed by atoms with E-state index in [1.54, 1.807) is 13.2 Å². The second-order valence-electron chi connectivity index (χ2n) is 7.95. The number of amides is 1. The van der Waals surface area contributed by atoms with Crippen LogP contribution in [-0.4, -0.2) is 26.3 Å². The van der Waals surface area contributed by atoms with Gasteiger partial charge >= 0.3 is 0 Å². The Kier molecular flexibility index (Phi) is 5.20. The molecule has 1 saturated carbocycles. The second kappa shape index (κ2) is 7.78. The number of hydrogen-bond donors (Lipinski definition) is 1. The molecule has 0 spiro atoms. The molecule has 1 atom stereocenters. The number of benzene rings is 1. The van der Waals surface area contributed by atoms with E-state index in [0.29, 0.717) is 5.52 Å². The van der Waals surface area contributed by atoms with Gasteiger partial charge in [-0.05, 0) is 25.8 Å². The van der Waals surface area contributed by atoms with Crippen LogP contribution in [0.1, 0.15) is 57.9 Å². The molecule has 1 aromatic carbocycles. The lowest BCUT2D eigenvalue weighted by Crippen LogP contribution is -2.39. The molecule has 6 heteroatoms. The van der Waals surface area contributed by atoms with Gasteiger partial charge in [0.1, 0.15) is 11.6 Å². The maximum atomic E-state index is 13.1. The van der Waals surface area contributed by atoms with Gasteiger partial charge in [-0.1, -0.05) is 50.3 Å². The third-order valence-corrected chi connectivity index (χ3v) is 6.02. The van der Waals surface area contributed by atoms with Gasteiger partial charge in [0.15, 0.2) is 0 Å². The molecule has 2 aromatic heterocycles. The van der Waals surface area contributed by atoms with E-state index in [-0.39, 0.29) is 17.5 Å². The van der Waals surface area contributed by atoms with Crippen molar-refractivity contribution in [3.8, 4) is 0 Å². The first-order chi connectivity index (χ1) is 13.6. The summed E-state index contributed by atoms with van der Waals surface area (Å²) in [5.41, 5.74) is 1.25. The summed E-state index contributed by atoms with van der Waals surface area (Å²) in [5, 5.41) is 9.18. The molecule has 0 bridgehead atoms. The van der Waals surface area contributed by atoms with Crippen LogP contribution >= 0.6 is 0 Å². The van der Waals surface area contributed by atoms with E-state index in [1.807, 2.05) is 35.8 Å². The Bertz CT molecular complexity index is 1060. The number of para-hydroxylation sites is 1. The fourth-order valence-electron chi connectivity index (χ4n) is 4.43. The number of rotatable bonds is 3. The Morgan fingerprint density at radius 1 is 1.11 bits per heavy atom. The van der Waals surface area contributed by atoms with Crippen molar-refractivity contribution >= 4 is 27.7 Å². The Labute approximate surface area is 164 Å². The van der Waals surface area contributed by atoms with E-state index in [0.717, 1.165) is 29.1 Å². The summed E-state index contributed by atoms with van der Waals surface area (Å²) < 4.78 is 3.21. The molecule has 4 rings (SSSR count). The van der Waals surface area contributed by atoms with Gasteiger partial charge in [-0.25, -0.2) is 4.68 Å². The van der Waals surface area contributed by atoms with Gasteiger partial charge in [-0.15, -0.1) is 0 Å². The molecular formula is C22H28N4O2. The molecule has 1 N–H and O–H groups in total. The largest absolute Gasteiger partial charge is 0.352 e. The average Bonchev–Trinajstić information content (AvgIpc) is 3.01. The first-order valence-corrected chi connectivity index (χ1v) is 10.3. The lowest BCUT2D eigenvalue weighted by Gasteiger charge is -2.24. The van der Waals surface area contributed by atoms with Crippen LogP contribution in [-0.2, 0) is 11.8 Å². The van der Waals surface area contributed by atoms with Crippen molar-refractivity contribution in [1.29, 1.82) is 0 Å². The van der Waals surface area contributed by atoms with E-state index in [2.05, 4.69) is 10.4 Å². The molecule has 6 nitrogen and oxygen atoms in total. The minimum Gasteiger partial charge on any atom is -0.352 e. The Morgan fingerprint density at radius 3 is 2.54 bits per heavy atom. The monoisotopic (exact) mass is 380 g/mol. The first kappa shape index (κ1) is 18.7. The van der Waals surface area contributed by atoms with Gasteiger partial charge in [-0.3, -0.25) is 9.59 Å². The summed E-state index contributed by atoms with van der Waals surface area (Å²) in [5.74, 6) is -0.0212. The number of fused-ring (bicyclic) bond motifs is 3. The Morgan fingerprint density at radius 2 is 1.79 bits per heavy atom. The molecule has 1 unspecified atom stereocenters. The number of carbonyl (C=O) groups excluding carboxylic acids is 1. The third-order valence-electron chi connectivity index (χ3n) is 6.02. The van der Waals surface area contributed by atoms with Crippen LogP contribution in [0.3, 0.4) is 0 Å². The van der Waals surface area contributed by atoms with Gasteiger partial charge in [0.05, 0.1) is 11.7 Å². The number of carbonyl (C=O) groups is 1. The predicted octanol–water partition coefficient (Wildman–Crippen LogP) is 3.68. The molecule has 1 aliphatic carbocycles. The summed E-state index contributed by atoms with van der Waals surface area (Å²) in [7, 11) is 1.64. The zero-order chi connectivity index (χ0) is 19.7. The Hall–Kier alpha value is -2.63. The number of aryl methyl sites for hydroxylation is 1. The Balaban J connectivity index is 1.73. The standard InChI is InChI=1S/C22H28N4O2/c1-15(21(27)24-16-10-6-4-3-5-7-11-16)26-19-13-9-8-12-17(19)18-14-23-25(2)22(28)20(18)26/h8-9,12-16H,3-7,10-11H2,1-2H3,(H,24,27). The topological polar surface area (TPSA) is 68.9 Å². The van der Waals surface area contributed by atoms with Crippen LogP contribution in [0.5, 0.6) is 0 Å². The molecule has 2 heterocycles. The van der Waals surface area contributed by atoms with Gasteiger partial charge < -0.3 is 9.88 Å². The minimum absolute atomic E-state index is 0.0212. The van der Waals surface area contributed by atoms with Gasteiger partial charge in [0, 0.05) is 23.9 Å². The van der Waals surface area contributed by atoms with Crippen molar-refractivity contribution in [1.82, 2.24) is 19.7 Å². The van der Waals surface area contributed by atoms with Crippen molar-refractivity contribution in [3.05, 3.63) is 40.8 Å². The molecule has 148 valence electrons. The number of hydrogen-bond acceptors (Lipinski definition) is 3. The molecular weight excluding hydrogens is 352 g/mol. The highest BCUT2D eigenvalue weighted by atomic mass is 16.2. The van der Waals surface area contributed by atoms with Gasteiger partial charge in [0.25, 0.3) is 5.56 Å². The van der Waals surface area contributed by atoms with E-state index in [4.69, 9.17) is 0 Å². The maximum absolute atomic E-state index is 13.1. The van der Waals surface area contributed by atoms with Crippen molar-refractivity contribution in [2.24, 2.45) is 7.05 Å². The van der Waals surface area contributed by atoms with E-state index in [9.17, 15) is 9.59 Å². The van der Waals surface area contributed by atoms with Crippen molar-refractivity contribution in [2.45, 2.75) is 64.0 Å². The minimum atomic E-state index is -0.469. The molecule has 0 radical (unpaired) electrons. The highest BCUT2D eigenvalue weighted by molar-refractivity contribution is 6.08. The molecule has 0 saturated heterocycles. The third kappa shape index (κ3) is 3.32. The number of nitrogens with one attached hydrogen (secondary N) is 1. The van der Waals surface area contributed by atoms with Gasteiger partial charge in [-0.2, -0.15) is 5.10 Å². The molecule has 28 heavy (non-hydrogen) atoms. The van der Waals surface area contributed by atoms with E-state index < -0.39 is 6.04 Å². The number of aromatic nitrogens is 3. The summed E-state index contributed by atoms with van der Waals surface area (Å²) in [6.45, 7) is 1.88. The second-order valence-corrected chi connectivity index (χ2v) is 7.95. The first-order valence-electron chi connectivity index (χ1n) is 10.3. The predicted molar refractivity (Wildman–Crippen MR) is 111 cm³/mol. The average molecular weight is 380 g/mol. The fraction of sp³-hybridized carbons (Fsp3) is 0.500. The maximum Gasteiger partial charge on any atom is 0.291 e. The molecule has 1 amide bonds. The van der Waals surface area contributed by atoms with Crippen LogP contribution in [0.2, 0.25) is 0 Å².